The van der Waals surface area contributed by atoms with Crippen molar-refractivity contribution in [3.63, 3.8) is 0 Å². The van der Waals surface area contributed by atoms with Crippen LogP contribution in [0.15, 0.2) is 0 Å². The lowest BCUT2D eigenvalue weighted by molar-refractivity contribution is -0.139. The predicted molar refractivity (Wildman–Crippen MR) is 51.2 cm³/mol. The first kappa shape index (κ1) is 11.2. The number of nitrogens with one attached hydrogen (secondary N) is 2. The van der Waals surface area contributed by atoms with Gasteiger partial charge in [0, 0.05) is 0 Å². The van der Waals surface area contributed by atoms with Crippen LogP contribution in [-0.4, -0.2) is 23.7 Å². The molecule has 0 saturated carbocycles. The molecule has 0 heterocycles. The van der Waals surface area contributed by atoms with Gasteiger partial charge in [-0.2, -0.15) is 0 Å². The van der Waals surface area contributed by atoms with Crippen molar-refractivity contribution in [1.82, 2.24) is 10.2 Å². The van der Waals surface area contributed by atoms with E-state index in [1.54, 1.807) is 0 Å². The lowest BCUT2D eigenvalue weighted by atomic mass is 10.2. The zero-order valence-corrected chi connectivity index (χ0v) is 8.52. The Hall–Kier alpha value is 0.250. The summed E-state index contributed by atoms with van der Waals surface area (Å²) in [6, 6.07) is -0.446. The van der Waals surface area contributed by atoms with Gasteiger partial charge >= 0.3 is 5.97 Å². The Morgan fingerprint density at radius 2 is 2.18 bits per heavy atom. The van der Waals surface area contributed by atoms with Crippen molar-refractivity contribution in [3.8, 4) is 0 Å². The summed E-state index contributed by atoms with van der Waals surface area (Å²) in [5.41, 5.74) is 0. The fraction of sp³-hybridized carbons (Fsp3) is 0.800. The van der Waals surface area contributed by atoms with Crippen LogP contribution < -0.4 is 10.2 Å². The molecule has 0 aliphatic rings. The van der Waals surface area contributed by atoms with Crippen molar-refractivity contribution in [2.45, 2.75) is 18.9 Å². The Kier molecular flexibility index (Phi) is 7.09. The Balaban J connectivity index is 3.44. The Labute approximate surface area is 71.0 Å². The zero-order valence-electron chi connectivity index (χ0n) is 6.21. The molecule has 0 fully saturated rings. The third kappa shape index (κ3) is 5.51. The number of hydrogen-bond acceptors (Lipinski definition) is 3. The molecular weight excluding hydrogens is 182 g/mol. The van der Waals surface area contributed by atoms with Gasteiger partial charge in [-0.05, 0) is 19.4 Å². The first-order chi connectivity index (χ1) is 5.22. The molecule has 0 aromatic heterocycles. The van der Waals surface area contributed by atoms with Crippen molar-refractivity contribution in [3.05, 3.63) is 0 Å². The van der Waals surface area contributed by atoms with E-state index in [1.807, 2.05) is 0 Å². The summed E-state index contributed by atoms with van der Waals surface area (Å²) in [6.45, 7) is 0.820. The van der Waals surface area contributed by atoms with E-state index in [0.717, 1.165) is 13.0 Å². The summed E-state index contributed by atoms with van der Waals surface area (Å²) < 4.78 is 0. The quantitative estimate of drug-likeness (QED) is 0.412. The molecule has 0 spiro atoms. The summed E-state index contributed by atoms with van der Waals surface area (Å²) in [4.78, 5) is 10.4. The van der Waals surface area contributed by atoms with Crippen molar-refractivity contribution in [1.29, 1.82) is 0 Å². The number of aliphatic carboxylic acids is 1. The van der Waals surface area contributed by atoms with E-state index in [9.17, 15) is 4.79 Å². The maximum absolute atomic E-state index is 10.4. The topological polar surface area (TPSA) is 61.4 Å². The molecule has 6 heteroatoms. The van der Waals surface area contributed by atoms with Gasteiger partial charge in [0.25, 0.3) is 0 Å². The molecule has 0 bridgehead atoms. The Bertz CT molecular complexity index is 123. The predicted octanol–water partition coefficient (Wildman–Crippen LogP) is -0.0208. The third-order valence-electron chi connectivity index (χ3n) is 1.31. The Morgan fingerprint density at radius 1 is 1.55 bits per heavy atom. The van der Waals surface area contributed by atoms with E-state index in [0.29, 0.717) is 6.42 Å². The molecule has 0 rings (SSSR count). The molecule has 0 aliphatic heterocycles. The number of hydrogen-bond donors (Lipinski definition) is 3. The second-order valence-electron chi connectivity index (χ2n) is 2.15. The maximum Gasteiger partial charge on any atom is 0.320 e. The van der Waals surface area contributed by atoms with Crippen molar-refractivity contribution in [2.75, 3.05) is 6.54 Å². The fourth-order valence-electron chi connectivity index (χ4n) is 0.686. The lowest BCUT2D eigenvalue weighted by Gasteiger charge is -2.09. The maximum atomic E-state index is 10.4. The third-order valence-corrected chi connectivity index (χ3v) is 2.00. The summed E-state index contributed by atoms with van der Waals surface area (Å²) in [7, 11) is 4.59. The van der Waals surface area contributed by atoms with Gasteiger partial charge in [0.1, 0.15) is 6.04 Å². The normalized spacial score (nSPS) is 12.9. The van der Waals surface area contributed by atoms with Gasteiger partial charge < -0.3 is 10.2 Å². The number of carboxylic acid groups (broad SMARTS) is 1. The van der Waals surface area contributed by atoms with Crippen LogP contribution in [0.4, 0.5) is 0 Å². The molecule has 3 N–H and O–H groups in total. The molecule has 3 atom stereocenters. The summed E-state index contributed by atoms with van der Waals surface area (Å²) in [6.07, 6.45) is 1.49. The van der Waals surface area contributed by atoms with Gasteiger partial charge in [0.15, 0.2) is 0 Å². The standard InChI is InChI=1S/C5H14N2O2P2/c8-5(9)4(7-11)2-1-3-6-10/h4,6-7H,1-3,10-11H2,(H,8,9). The molecule has 0 amide bonds. The largest absolute Gasteiger partial charge is 0.480 e. The highest BCUT2D eigenvalue weighted by molar-refractivity contribution is 7.13. The van der Waals surface area contributed by atoms with Crippen molar-refractivity contribution >= 4 is 24.8 Å². The summed E-state index contributed by atoms with van der Waals surface area (Å²) in [5, 5.41) is 14.1. The van der Waals surface area contributed by atoms with Gasteiger partial charge in [0.05, 0.1) is 0 Å². The number of carbonyl (C=O) groups is 1. The van der Waals surface area contributed by atoms with E-state index in [1.165, 1.54) is 0 Å². The van der Waals surface area contributed by atoms with E-state index in [4.69, 9.17) is 5.11 Å². The van der Waals surface area contributed by atoms with Crippen LogP contribution in [0.1, 0.15) is 12.8 Å². The van der Waals surface area contributed by atoms with E-state index >= 15 is 0 Å². The first-order valence-corrected chi connectivity index (χ1v) is 4.50. The van der Waals surface area contributed by atoms with Crippen LogP contribution in [0.3, 0.4) is 0 Å². The number of carboxylic acids is 1. The van der Waals surface area contributed by atoms with Gasteiger partial charge in [-0.3, -0.25) is 9.88 Å². The minimum absolute atomic E-state index is 0.446. The molecule has 0 radical (unpaired) electrons. The van der Waals surface area contributed by atoms with Crippen LogP contribution in [0.5, 0.6) is 0 Å². The van der Waals surface area contributed by atoms with E-state index < -0.39 is 12.0 Å². The fourth-order valence-corrected chi connectivity index (χ4v) is 1.20. The molecular formula is C5H14N2O2P2. The second kappa shape index (κ2) is 6.93. The van der Waals surface area contributed by atoms with Crippen LogP contribution in [-0.2, 0) is 4.79 Å². The minimum atomic E-state index is -0.802. The zero-order chi connectivity index (χ0) is 8.69. The average molecular weight is 196 g/mol. The Morgan fingerprint density at radius 3 is 2.55 bits per heavy atom. The molecule has 3 unspecified atom stereocenters. The smallest absolute Gasteiger partial charge is 0.320 e. The SMILES string of the molecule is O=C(O)C(CCCNP)NP. The van der Waals surface area contributed by atoms with Crippen LogP contribution in [0.2, 0.25) is 0 Å². The lowest BCUT2D eigenvalue weighted by Crippen LogP contribution is -2.30. The second-order valence-corrected chi connectivity index (χ2v) is 2.90. The van der Waals surface area contributed by atoms with E-state index in [2.05, 4.69) is 29.0 Å². The highest BCUT2D eigenvalue weighted by Gasteiger charge is 2.12. The summed E-state index contributed by atoms with van der Waals surface area (Å²) >= 11 is 0. The monoisotopic (exact) mass is 196 g/mol. The van der Waals surface area contributed by atoms with Crippen molar-refractivity contribution in [2.24, 2.45) is 0 Å². The van der Waals surface area contributed by atoms with Crippen LogP contribution in [0.25, 0.3) is 0 Å². The van der Waals surface area contributed by atoms with Crippen LogP contribution >= 0.6 is 18.8 Å². The first-order valence-electron chi connectivity index (χ1n) is 3.34. The molecule has 66 valence electrons. The molecule has 4 nitrogen and oxygen atoms in total. The van der Waals surface area contributed by atoms with E-state index in [-0.39, 0.29) is 0 Å². The van der Waals surface area contributed by atoms with Gasteiger partial charge in [-0.15, -0.1) is 0 Å². The van der Waals surface area contributed by atoms with Gasteiger partial charge in [0.2, 0.25) is 0 Å². The molecule has 0 aromatic carbocycles. The van der Waals surface area contributed by atoms with Crippen LogP contribution in [0, 0.1) is 0 Å². The molecule has 0 saturated heterocycles. The highest BCUT2D eigenvalue weighted by Crippen LogP contribution is 1.98. The average Bonchev–Trinajstić information content (AvgIpc) is 1.97. The number of rotatable bonds is 6. The molecule has 0 aromatic rings. The summed E-state index contributed by atoms with van der Waals surface area (Å²) in [5.74, 6) is -0.802. The van der Waals surface area contributed by atoms with Gasteiger partial charge in [-0.25, -0.2) is 0 Å². The highest BCUT2D eigenvalue weighted by atomic mass is 31.0. The molecule has 0 aliphatic carbocycles. The van der Waals surface area contributed by atoms with Gasteiger partial charge in [-0.1, -0.05) is 18.8 Å². The molecule has 11 heavy (non-hydrogen) atoms. The minimum Gasteiger partial charge on any atom is -0.480 e. The van der Waals surface area contributed by atoms with Crippen molar-refractivity contribution < 1.29 is 9.90 Å².